The lowest BCUT2D eigenvalue weighted by atomic mass is 9.84. The molecule has 0 saturated carbocycles. The van der Waals surface area contributed by atoms with Gasteiger partial charge in [0.2, 0.25) is 0 Å². The van der Waals surface area contributed by atoms with Crippen molar-refractivity contribution < 1.29 is 14.7 Å². The molecule has 1 aromatic heterocycles. The number of pyridine rings is 1. The predicted octanol–water partition coefficient (Wildman–Crippen LogP) is 0.915. The summed E-state index contributed by atoms with van der Waals surface area (Å²) >= 11 is 0. The van der Waals surface area contributed by atoms with Gasteiger partial charge in [0.25, 0.3) is 5.91 Å². The summed E-state index contributed by atoms with van der Waals surface area (Å²) in [5.41, 5.74) is 0.515. The smallest absolute Gasteiger partial charge is 0.373 e. The minimum Gasteiger partial charge on any atom is -0.437 e. The summed E-state index contributed by atoms with van der Waals surface area (Å²) < 4.78 is 0. The van der Waals surface area contributed by atoms with Crippen molar-refractivity contribution in [1.82, 2.24) is 15.3 Å². The maximum Gasteiger partial charge on any atom is 0.373 e. The van der Waals surface area contributed by atoms with Crippen LogP contribution < -0.4 is 10.1 Å². The Morgan fingerprint density at radius 3 is 2.58 bits per heavy atom. The lowest BCUT2D eigenvalue weighted by Gasteiger charge is -2.40. The second kappa shape index (κ2) is 7.08. The third-order valence-corrected chi connectivity index (χ3v) is 5.03. The second-order valence-corrected chi connectivity index (χ2v) is 6.69. The van der Waals surface area contributed by atoms with Gasteiger partial charge in [0, 0.05) is 31.4 Å². The van der Waals surface area contributed by atoms with Gasteiger partial charge in [0.1, 0.15) is 5.82 Å². The van der Waals surface area contributed by atoms with Crippen LogP contribution in [0.25, 0.3) is 0 Å². The highest BCUT2D eigenvalue weighted by atomic mass is 16.7. The molecular weight excluding hydrogens is 307 g/mol. The fraction of sp³-hybridized carbons (Fsp3) is 0.625. The minimum absolute atomic E-state index is 0.209. The Labute approximate surface area is 143 Å². The van der Waals surface area contributed by atoms with Crippen molar-refractivity contribution in [2.45, 2.75) is 50.6 Å². The number of rotatable bonds is 5. The van der Waals surface area contributed by atoms with Crippen molar-refractivity contribution in [2.24, 2.45) is 0 Å². The van der Waals surface area contributed by atoms with Crippen molar-refractivity contribution in [2.75, 3.05) is 19.1 Å². The molecule has 2 saturated heterocycles. The number of fused-ring (bicyclic) bond motifs is 2. The molecule has 7 nitrogen and oxygen atoms in total. The zero-order valence-corrected chi connectivity index (χ0v) is 14.5. The van der Waals surface area contributed by atoms with Crippen LogP contribution in [0, 0.1) is 0 Å². The molecule has 2 unspecified atom stereocenters. The van der Waals surface area contributed by atoms with E-state index in [4.69, 9.17) is 4.84 Å². The van der Waals surface area contributed by atoms with Crippen LogP contribution in [0.15, 0.2) is 18.3 Å². The number of amides is 1. The number of nitrogens with one attached hydrogen (secondary N) is 1. The summed E-state index contributed by atoms with van der Waals surface area (Å²) in [5.74, 6) is 0.717. The summed E-state index contributed by atoms with van der Waals surface area (Å²) in [6, 6.07) is 4.96. The first-order valence-corrected chi connectivity index (χ1v) is 8.50. The van der Waals surface area contributed by atoms with Crippen LogP contribution in [0.3, 0.4) is 0 Å². The molecule has 3 heterocycles. The second-order valence-electron chi connectivity index (χ2n) is 6.69. The van der Waals surface area contributed by atoms with Crippen molar-refractivity contribution in [3.05, 3.63) is 23.9 Å². The van der Waals surface area contributed by atoms with Crippen molar-refractivity contribution >= 4 is 18.8 Å². The molecule has 2 N–H and O–H groups in total. The Morgan fingerprint density at radius 1 is 1.42 bits per heavy atom. The molecule has 8 heteroatoms. The van der Waals surface area contributed by atoms with Crippen LogP contribution in [0.5, 0.6) is 0 Å². The minimum atomic E-state index is -0.470. The predicted molar refractivity (Wildman–Crippen MR) is 92.6 cm³/mol. The standard InChI is InChI=1S/C16H25BN4O3/c1-17(23)19-12-8-13-5-6-14(9-12)21(13)15-7-4-11(10-18-15)16(22)20(2)24-3/h4,7,10,12-14,19,23H,5-6,8-9H2,1-3H3. The van der Waals surface area contributed by atoms with Gasteiger partial charge in [-0.2, -0.15) is 0 Å². The van der Waals surface area contributed by atoms with E-state index >= 15 is 0 Å². The third-order valence-electron chi connectivity index (χ3n) is 5.03. The number of piperidine rings is 1. The SMILES string of the molecule is CON(C)C(=O)c1ccc(N2C3CCC2CC(NB(C)O)C3)nc1. The van der Waals surface area contributed by atoms with Crippen LogP contribution in [0.2, 0.25) is 6.82 Å². The van der Waals surface area contributed by atoms with Crippen molar-refractivity contribution in [1.29, 1.82) is 0 Å². The van der Waals surface area contributed by atoms with Gasteiger partial charge in [-0.3, -0.25) is 9.63 Å². The third kappa shape index (κ3) is 3.40. The molecule has 2 bridgehead atoms. The molecule has 0 aliphatic carbocycles. The number of aromatic nitrogens is 1. The molecule has 0 spiro atoms. The molecule has 1 aromatic rings. The van der Waals surface area contributed by atoms with Gasteiger partial charge < -0.3 is 15.2 Å². The quantitative estimate of drug-likeness (QED) is 0.617. The molecule has 2 aliphatic rings. The highest BCUT2D eigenvalue weighted by Gasteiger charge is 2.41. The number of carbonyl (C=O) groups is 1. The number of hydroxylamine groups is 2. The summed E-state index contributed by atoms with van der Waals surface area (Å²) in [7, 11) is 2.57. The van der Waals surface area contributed by atoms with Crippen molar-refractivity contribution in [3.63, 3.8) is 0 Å². The van der Waals surface area contributed by atoms with E-state index in [1.807, 2.05) is 6.07 Å². The van der Waals surface area contributed by atoms with Gasteiger partial charge in [0.05, 0.1) is 12.7 Å². The largest absolute Gasteiger partial charge is 0.437 e. The first kappa shape index (κ1) is 17.2. The van der Waals surface area contributed by atoms with E-state index in [1.54, 1.807) is 26.1 Å². The Morgan fingerprint density at radius 2 is 2.08 bits per heavy atom. The van der Waals surface area contributed by atoms with Crippen LogP contribution in [-0.4, -0.2) is 60.3 Å². The Bertz CT molecular complexity index is 569. The number of hydrogen-bond donors (Lipinski definition) is 2. The maximum absolute atomic E-state index is 12.1. The lowest BCUT2D eigenvalue weighted by molar-refractivity contribution is -0.0757. The fourth-order valence-corrected chi connectivity index (χ4v) is 3.96. The molecule has 1 amide bonds. The Balaban J connectivity index is 1.71. The molecule has 3 rings (SSSR count). The molecule has 0 aromatic carbocycles. The van der Waals surface area contributed by atoms with E-state index in [9.17, 15) is 9.82 Å². The summed E-state index contributed by atoms with van der Waals surface area (Å²) in [6.07, 6.45) is 5.94. The van der Waals surface area contributed by atoms with Crippen molar-refractivity contribution in [3.8, 4) is 0 Å². The highest BCUT2D eigenvalue weighted by Crippen LogP contribution is 2.38. The summed E-state index contributed by atoms with van der Waals surface area (Å²) in [6.45, 7) is 1.77. The fourth-order valence-electron chi connectivity index (χ4n) is 3.96. The van der Waals surface area contributed by atoms with Crippen LogP contribution in [-0.2, 0) is 4.84 Å². The Hall–Kier alpha value is -1.64. The van der Waals surface area contributed by atoms with Gasteiger partial charge in [0.15, 0.2) is 0 Å². The first-order valence-electron chi connectivity index (χ1n) is 8.50. The van der Waals surface area contributed by atoms with Crippen LogP contribution in [0.1, 0.15) is 36.0 Å². The van der Waals surface area contributed by atoms with Crippen LogP contribution >= 0.6 is 0 Å². The van der Waals surface area contributed by atoms with Gasteiger partial charge in [-0.25, -0.2) is 10.0 Å². The monoisotopic (exact) mass is 332 g/mol. The van der Waals surface area contributed by atoms with Gasteiger partial charge >= 0.3 is 7.05 Å². The molecule has 2 fully saturated rings. The average Bonchev–Trinajstić information content (AvgIpc) is 2.84. The molecule has 130 valence electrons. The molecule has 2 aliphatic heterocycles. The van der Waals surface area contributed by atoms with Crippen LogP contribution in [0.4, 0.5) is 5.82 Å². The van der Waals surface area contributed by atoms with E-state index in [1.165, 1.54) is 12.2 Å². The normalized spacial score (nSPS) is 25.7. The van der Waals surface area contributed by atoms with Gasteiger partial charge in [-0.05, 0) is 44.6 Å². The van der Waals surface area contributed by atoms with E-state index in [-0.39, 0.29) is 5.91 Å². The summed E-state index contributed by atoms with van der Waals surface area (Å²) in [5, 5.41) is 14.0. The molecular formula is C16H25BN4O3. The van der Waals surface area contributed by atoms with E-state index in [0.29, 0.717) is 23.7 Å². The van der Waals surface area contributed by atoms with Gasteiger partial charge in [-0.1, -0.05) is 0 Å². The lowest BCUT2D eigenvalue weighted by Crippen LogP contribution is -2.52. The topological polar surface area (TPSA) is 77.9 Å². The van der Waals surface area contributed by atoms with Gasteiger partial charge in [-0.15, -0.1) is 0 Å². The molecule has 2 atom stereocenters. The Kier molecular flexibility index (Phi) is 5.08. The van der Waals surface area contributed by atoms with E-state index in [0.717, 1.165) is 31.5 Å². The van der Waals surface area contributed by atoms with E-state index < -0.39 is 7.05 Å². The number of carbonyl (C=O) groups excluding carboxylic acids is 1. The zero-order chi connectivity index (χ0) is 17.3. The maximum atomic E-state index is 12.1. The number of nitrogens with zero attached hydrogens (tertiary/aromatic N) is 3. The summed E-state index contributed by atoms with van der Waals surface area (Å²) in [4.78, 5) is 23.9. The number of anilines is 1. The van der Waals surface area contributed by atoms with E-state index in [2.05, 4.69) is 15.1 Å². The molecule has 0 radical (unpaired) electrons. The number of hydrogen-bond acceptors (Lipinski definition) is 6. The average molecular weight is 332 g/mol. The first-order chi connectivity index (χ1) is 11.5. The highest BCUT2D eigenvalue weighted by molar-refractivity contribution is 6.45. The molecule has 24 heavy (non-hydrogen) atoms. The zero-order valence-electron chi connectivity index (χ0n) is 14.5.